The number of aryl methyl sites for hydroxylation is 1. The molecule has 7 nitrogen and oxygen atoms in total. The fourth-order valence-corrected chi connectivity index (χ4v) is 5.25. The summed E-state index contributed by atoms with van der Waals surface area (Å²) in [6.07, 6.45) is 0. The molecule has 1 fully saturated rings. The van der Waals surface area contributed by atoms with Crippen molar-refractivity contribution in [3.63, 3.8) is 0 Å². The van der Waals surface area contributed by atoms with Crippen LogP contribution >= 0.6 is 11.3 Å². The molecule has 176 valence electrons. The number of rotatable bonds is 5. The van der Waals surface area contributed by atoms with E-state index in [1.807, 2.05) is 25.1 Å². The molecule has 2 heterocycles. The minimum Gasteiger partial charge on any atom is -0.507 e. The third-order valence-corrected chi connectivity index (χ3v) is 7.00. The first-order valence-corrected chi connectivity index (χ1v) is 11.7. The van der Waals surface area contributed by atoms with E-state index in [1.165, 1.54) is 16.2 Å². The Morgan fingerprint density at radius 3 is 2.20 bits per heavy atom. The first-order valence-electron chi connectivity index (χ1n) is 10.9. The number of thiazole rings is 1. The Labute approximate surface area is 205 Å². The summed E-state index contributed by atoms with van der Waals surface area (Å²) < 4.78 is 11.4. The Morgan fingerprint density at radius 1 is 0.943 bits per heavy atom. The number of aliphatic hydroxyl groups excluding tert-OH is 1. The zero-order valence-corrected chi connectivity index (χ0v) is 20.1. The zero-order chi connectivity index (χ0) is 24.7. The second kappa shape index (κ2) is 8.88. The Balaban J connectivity index is 1.70. The predicted molar refractivity (Wildman–Crippen MR) is 135 cm³/mol. The van der Waals surface area contributed by atoms with Gasteiger partial charge in [-0.05, 0) is 66.6 Å². The first-order chi connectivity index (χ1) is 16.9. The molecule has 0 bridgehead atoms. The van der Waals surface area contributed by atoms with E-state index in [2.05, 4.69) is 4.98 Å². The lowest BCUT2D eigenvalue weighted by Crippen LogP contribution is -2.29. The highest BCUT2D eigenvalue weighted by Gasteiger charge is 2.48. The van der Waals surface area contributed by atoms with Crippen LogP contribution in [0.25, 0.3) is 16.0 Å². The van der Waals surface area contributed by atoms with Gasteiger partial charge in [-0.1, -0.05) is 29.5 Å². The molecule has 1 aliphatic rings. The van der Waals surface area contributed by atoms with Crippen LogP contribution in [0.1, 0.15) is 22.7 Å². The van der Waals surface area contributed by atoms with Crippen LogP contribution in [0.5, 0.6) is 11.5 Å². The van der Waals surface area contributed by atoms with Crippen molar-refractivity contribution in [3.05, 3.63) is 89.0 Å². The lowest BCUT2D eigenvalue weighted by molar-refractivity contribution is -0.132. The van der Waals surface area contributed by atoms with Crippen molar-refractivity contribution in [2.45, 2.75) is 13.0 Å². The van der Waals surface area contributed by atoms with Gasteiger partial charge >= 0.3 is 5.91 Å². The van der Waals surface area contributed by atoms with E-state index in [0.717, 1.165) is 15.8 Å². The molecule has 1 aliphatic heterocycles. The molecular weight excluding hydrogens is 464 g/mol. The van der Waals surface area contributed by atoms with E-state index < -0.39 is 17.7 Å². The highest BCUT2D eigenvalue weighted by molar-refractivity contribution is 7.22. The summed E-state index contributed by atoms with van der Waals surface area (Å²) in [5.74, 6) is -0.521. The number of hydrogen-bond acceptors (Lipinski definition) is 7. The van der Waals surface area contributed by atoms with Gasteiger partial charge in [-0.15, -0.1) is 0 Å². The number of hydrogen-bond donors (Lipinski definition) is 1. The van der Waals surface area contributed by atoms with Gasteiger partial charge in [0, 0.05) is 5.56 Å². The minimum absolute atomic E-state index is 0.000713. The van der Waals surface area contributed by atoms with Crippen molar-refractivity contribution < 1.29 is 24.2 Å². The van der Waals surface area contributed by atoms with Gasteiger partial charge in [-0.2, -0.15) is 0 Å². The quantitative estimate of drug-likeness (QED) is 0.236. The summed E-state index contributed by atoms with van der Waals surface area (Å²) in [7, 11) is 3.11. The molecule has 0 radical (unpaired) electrons. The normalized spacial score (nSPS) is 17.2. The van der Waals surface area contributed by atoms with Crippen LogP contribution in [0.2, 0.25) is 0 Å². The summed E-state index contributed by atoms with van der Waals surface area (Å²) >= 11 is 1.33. The van der Waals surface area contributed by atoms with Crippen molar-refractivity contribution in [2.24, 2.45) is 0 Å². The molecule has 0 spiro atoms. The molecule has 1 aromatic heterocycles. The molecule has 35 heavy (non-hydrogen) atoms. The molecule has 1 amide bonds. The predicted octanol–water partition coefficient (Wildman–Crippen LogP) is 5.25. The molecule has 4 aromatic rings. The summed E-state index contributed by atoms with van der Waals surface area (Å²) in [6.45, 7) is 1.98. The Hall–Kier alpha value is -4.17. The lowest BCUT2D eigenvalue weighted by Gasteiger charge is -2.23. The number of amides is 1. The number of carbonyl (C=O) groups excluding carboxylic acids is 2. The van der Waals surface area contributed by atoms with Crippen molar-refractivity contribution in [3.8, 4) is 11.5 Å². The van der Waals surface area contributed by atoms with E-state index >= 15 is 0 Å². The molecular formula is C27H22N2O5S. The molecule has 1 unspecified atom stereocenters. The van der Waals surface area contributed by atoms with Crippen molar-refractivity contribution in [2.75, 3.05) is 19.1 Å². The third-order valence-electron chi connectivity index (χ3n) is 5.98. The number of ether oxygens (including phenoxy) is 2. The number of benzene rings is 3. The number of ketones is 1. The fourth-order valence-electron chi connectivity index (χ4n) is 4.16. The largest absolute Gasteiger partial charge is 0.507 e. The van der Waals surface area contributed by atoms with Crippen molar-refractivity contribution in [1.82, 2.24) is 4.98 Å². The fraction of sp³-hybridized carbons (Fsp3) is 0.148. The second-order valence-electron chi connectivity index (χ2n) is 8.14. The number of aliphatic hydroxyl groups is 1. The van der Waals surface area contributed by atoms with Crippen molar-refractivity contribution >= 4 is 44.1 Å². The molecule has 0 aliphatic carbocycles. The summed E-state index contributed by atoms with van der Waals surface area (Å²) in [5, 5.41) is 11.6. The van der Waals surface area contributed by atoms with E-state index in [0.29, 0.717) is 27.8 Å². The van der Waals surface area contributed by atoms with E-state index in [9.17, 15) is 14.7 Å². The summed E-state index contributed by atoms with van der Waals surface area (Å²) in [6, 6.07) is 18.7. The smallest absolute Gasteiger partial charge is 0.301 e. The molecule has 8 heteroatoms. The van der Waals surface area contributed by atoms with Crippen molar-refractivity contribution in [1.29, 1.82) is 0 Å². The maximum Gasteiger partial charge on any atom is 0.301 e. The number of methoxy groups -OCH3 is 2. The van der Waals surface area contributed by atoms with Gasteiger partial charge in [0.25, 0.3) is 5.78 Å². The van der Waals surface area contributed by atoms with E-state index in [1.54, 1.807) is 62.8 Å². The SMILES string of the molecule is COc1ccc(C(O)=C2C(=O)C(=O)N(c3nc4ccc(C)cc4s3)C2c2ccc(OC)cc2)cc1. The second-order valence-corrected chi connectivity index (χ2v) is 9.15. The van der Waals surface area contributed by atoms with Gasteiger partial charge in [0.05, 0.1) is 36.1 Å². The van der Waals surface area contributed by atoms with Crippen LogP contribution in [0.4, 0.5) is 5.13 Å². The molecule has 1 saturated heterocycles. The van der Waals surface area contributed by atoms with E-state index in [-0.39, 0.29) is 11.3 Å². The Kier molecular flexibility index (Phi) is 5.74. The average molecular weight is 487 g/mol. The Morgan fingerprint density at radius 2 is 1.57 bits per heavy atom. The lowest BCUT2D eigenvalue weighted by atomic mass is 9.95. The topological polar surface area (TPSA) is 89.0 Å². The summed E-state index contributed by atoms with van der Waals surface area (Å²) in [5.41, 5.74) is 2.86. The van der Waals surface area contributed by atoms with Gasteiger partial charge < -0.3 is 14.6 Å². The number of nitrogens with zero attached hydrogens (tertiary/aromatic N) is 2. The number of fused-ring (bicyclic) bond motifs is 1. The van der Waals surface area contributed by atoms with Crippen LogP contribution in [0.15, 0.2) is 72.3 Å². The Bertz CT molecular complexity index is 1470. The van der Waals surface area contributed by atoms with Gasteiger partial charge in [0.15, 0.2) is 5.13 Å². The van der Waals surface area contributed by atoms with Gasteiger partial charge in [0.1, 0.15) is 17.3 Å². The molecule has 1 atom stereocenters. The van der Waals surface area contributed by atoms with Gasteiger partial charge in [-0.3, -0.25) is 14.5 Å². The number of anilines is 1. The maximum atomic E-state index is 13.4. The number of aromatic nitrogens is 1. The highest BCUT2D eigenvalue weighted by Crippen LogP contribution is 2.44. The number of Topliss-reactive ketones (excluding diaryl/α,β-unsaturated/α-hetero) is 1. The van der Waals surface area contributed by atoms with Gasteiger partial charge in [0.2, 0.25) is 0 Å². The third kappa shape index (κ3) is 3.91. The van der Waals surface area contributed by atoms with E-state index in [4.69, 9.17) is 9.47 Å². The monoisotopic (exact) mass is 486 g/mol. The minimum atomic E-state index is -0.857. The molecule has 0 saturated carbocycles. The molecule has 3 aromatic carbocycles. The maximum absolute atomic E-state index is 13.4. The van der Waals surface area contributed by atoms with Crippen LogP contribution in [0.3, 0.4) is 0 Å². The average Bonchev–Trinajstić information content (AvgIpc) is 3.41. The van der Waals surface area contributed by atoms with Gasteiger partial charge in [-0.25, -0.2) is 4.98 Å². The van der Waals surface area contributed by atoms with Crippen LogP contribution in [-0.4, -0.2) is 36.0 Å². The van der Waals surface area contributed by atoms with Crippen LogP contribution < -0.4 is 14.4 Å². The van der Waals surface area contributed by atoms with Crippen LogP contribution in [0, 0.1) is 6.92 Å². The molecule has 1 N–H and O–H groups in total. The number of carbonyl (C=O) groups is 2. The standard InChI is InChI=1S/C27H22N2O5S/c1-15-4-13-20-21(14-15)35-27(28-20)29-23(16-5-9-18(33-2)10-6-16)22(25(31)26(29)32)24(30)17-7-11-19(34-3)12-8-17/h4-14,23,30H,1-3H3. The van der Waals surface area contributed by atoms with Crippen LogP contribution in [-0.2, 0) is 9.59 Å². The summed E-state index contributed by atoms with van der Waals surface area (Å²) in [4.78, 5) is 32.7. The molecule has 5 rings (SSSR count). The first kappa shape index (κ1) is 22.6. The highest BCUT2D eigenvalue weighted by atomic mass is 32.1. The zero-order valence-electron chi connectivity index (χ0n) is 19.3.